The SMILES string of the molecule is Fc1ccccc1COc1ccc(CNc2ccccc2)cc1. The molecule has 0 aliphatic rings. The minimum atomic E-state index is -0.240. The van der Waals surface area contributed by atoms with Crippen LogP contribution >= 0.6 is 0 Å². The molecule has 0 atom stereocenters. The summed E-state index contributed by atoms with van der Waals surface area (Å²) in [6.45, 7) is 0.978. The molecule has 116 valence electrons. The molecular formula is C20H18FNO. The molecule has 0 unspecified atom stereocenters. The molecule has 3 aromatic carbocycles. The van der Waals surface area contributed by atoms with Gasteiger partial charge < -0.3 is 10.1 Å². The van der Waals surface area contributed by atoms with E-state index in [1.165, 1.54) is 6.07 Å². The normalized spacial score (nSPS) is 10.3. The van der Waals surface area contributed by atoms with Crippen molar-refractivity contribution in [1.29, 1.82) is 0 Å². The monoisotopic (exact) mass is 307 g/mol. The molecular weight excluding hydrogens is 289 g/mol. The number of hydrogen-bond acceptors (Lipinski definition) is 2. The Morgan fingerprint density at radius 3 is 2.22 bits per heavy atom. The Labute approximate surface area is 135 Å². The summed E-state index contributed by atoms with van der Waals surface area (Å²) in [4.78, 5) is 0. The van der Waals surface area contributed by atoms with Gasteiger partial charge in [-0.05, 0) is 35.9 Å². The van der Waals surface area contributed by atoms with Crippen LogP contribution in [0.2, 0.25) is 0 Å². The van der Waals surface area contributed by atoms with Gasteiger partial charge in [0.2, 0.25) is 0 Å². The summed E-state index contributed by atoms with van der Waals surface area (Å²) < 4.78 is 19.2. The fourth-order valence-electron chi connectivity index (χ4n) is 2.24. The van der Waals surface area contributed by atoms with Gasteiger partial charge in [-0.15, -0.1) is 0 Å². The second kappa shape index (κ2) is 7.45. The number of nitrogens with one attached hydrogen (secondary N) is 1. The van der Waals surface area contributed by atoms with Crippen molar-refractivity contribution in [2.24, 2.45) is 0 Å². The first-order valence-corrected chi connectivity index (χ1v) is 7.55. The van der Waals surface area contributed by atoms with Crippen molar-refractivity contribution in [2.75, 3.05) is 5.32 Å². The quantitative estimate of drug-likeness (QED) is 0.690. The second-order valence-corrected chi connectivity index (χ2v) is 5.24. The highest BCUT2D eigenvalue weighted by atomic mass is 19.1. The summed E-state index contributed by atoms with van der Waals surface area (Å²) in [7, 11) is 0. The minimum absolute atomic E-state index is 0.230. The molecule has 0 amide bonds. The predicted octanol–water partition coefficient (Wildman–Crippen LogP) is 5.02. The summed E-state index contributed by atoms with van der Waals surface area (Å²) in [5.74, 6) is 0.493. The van der Waals surface area contributed by atoms with Crippen molar-refractivity contribution in [3.63, 3.8) is 0 Å². The van der Waals surface area contributed by atoms with E-state index in [4.69, 9.17) is 4.74 Å². The van der Waals surface area contributed by atoms with E-state index in [-0.39, 0.29) is 12.4 Å². The van der Waals surface area contributed by atoms with E-state index >= 15 is 0 Å². The molecule has 0 heterocycles. The number of ether oxygens (including phenoxy) is 1. The first-order valence-electron chi connectivity index (χ1n) is 7.55. The van der Waals surface area contributed by atoms with Crippen molar-refractivity contribution in [3.05, 3.63) is 95.8 Å². The fourth-order valence-corrected chi connectivity index (χ4v) is 2.24. The molecule has 3 aromatic rings. The summed E-state index contributed by atoms with van der Waals surface area (Å²) in [6.07, 6.45) is 0. The van der Waals surface area contributed by atoms with Crippen molar-refractivity contribution in [1.82, 2.24) is 0 Å². The summed E-state index contributed by atoms with van der Waals surface area (Å²) in [5.41, 5.74) is 2.81. The standard InChI is InChI=1S/C20H18FNO/c21-20-9-5-4-6-17(20)15-23-19-12-10-16(11-13-19)14-22-18-7-2-1-3-8-18/h1-13,22H,14-15H2. The van der Waals surface area contributed by atoms with E-state index in [9.17, 15) is 4.39 Å². The zero-order chi connectivity index (χ0) is 15.9. The molecule has 0 aliphatic heterocycles. The molecule has 0 saturated heterocycles. The van der Waals surface area contributed by atoms with E-state index in [1.807, 2.05) is 54.6 Å². The summed E-state index contributed by atoms with van der Waals surface area (Å²) in [5, 5.41) is 3.36. The Balaban J connectivity index is 1.54. The van der Waals surface area contributed by atoms with Crippen LogP contribution < -0.4 is 10.1 Å². The van der Waals surface area contributed by atoms with E-state index in [1.54, 1.807) is 18.2 Å². The lowest BCUT2D eigenvalue weighted by molar-refractivity contribution is 0.300. The molecule has 3 heteroatoms. The average molecular weight is 307 g/mol. The Bertz CT molecular complexity index is 741. The number of benzene rings is 3. The molecule has 0 fully saturated rings. The smallest absolute Gasteiger partial charge is 0.129 e. The van der Waals surface area contributed by atoms with Crippen LogP contribution in [0.1, 0.15) is 11.1 Å². The number of anilines is 1. The van der Waals surface area contributed by atoms with Crippen LogP contribution in [0.25, 0.3) is 0 Å². The molecule has 0 aliphatic carbocycles. The lowest BCUT2D eigenvalue weighted by Gasteiger charge is -2.09. The highest BCUT2D eigenvalue weighted by Gasteiger charge is 2.02. The molecule has 0 aromatic heterocycles. The van der Waals surface area contributed by atoms with Gasteiger partial charge in [-0.25, -0.2) is 4.39 Å². The first kappa shape index (κ1) is 15.1. The van der Waals surface area contributed by atoms with Crippen LogP contribution in [-0.2, 0) is 13.2 Å². The van der Waals surface area contributed by atoms with Crippen molar-refractivity contribution in [3.8, 4) is 5.75 Å². The predicted molar refractivity (Wildman–Crippen MR) is 90.9 cm³/mol. The number of halogens is 1. The lowest BCUT2D eigenvalue weighted by atomic mass is 10.2. The highest BCUT2D eigenvalue weighted by Crippen LogP contribution is 2.16. The molecule has 0 spiro atoms. The Hall–Kier alpha value is -2.81. The van der Waals surface area contributed by atoms with E-state index in [2.05, 4.69) is 5.32 Å². The maximum absolute atomic E-state index is 13.5. The number of para-hydroxylation sites is 1. The van der Waals surface area contributed by atoms with Gasteiger partial charge in [0, 0.05) is 17.8 Å². The molecule has 0 bridgehead atoms. The third kappa shape index (κ3) is 4.33. The summed E-state index contributed by atoms with van der Waals surface area (Å²) in [6, 6.07) is 24.5. The Morgan fingerprint density at radius 2 is 1.48 bits per heavy atom. The third-order valence-electron chi connectivity index (χ3n) is 3.55. The molecule has 3 rings (SSSR count). The van der Waals surface area contributed by atoms with Crippen LogP contribution in [0.3, 0.4) is 0 Å². The average Bonchev–Trinajstić information content (AvgIpc) is 2.61. The van der Waals surface area contributed by atoms with Crippen LogP contribution in [0.15, 0.2) is 78.9 Å². The molecule has 0 saturated carbocycles. The van der Waals surface area contributed by atoms with Crippen LogP contribution in [-0.4, -0.2) is 0 Å². The zero-order valence-corrected chi connectivity index (χ0v) is 12.7. The van der Waals surface area contributed by atoms with Crippen molar-refractivity contribution < 1.29 is 9.13 Å². The second-order valence-electron chi connectivity index (χ2n) is 5.24. The van der Waals surface area contributed by atoms with Crippen LogP contribution in [0.4, 0.5) is 10.1 Å². The molecule has 23 heavy (non-hydrogen) atoms. The van der Waals surface area contributed by atoms with Gasteiger partial charge in [-0.3, -0.25) is 0 Å². The van der Waals surface area contributed by atoms with Gasteiger partial charge in [0.15, 0.2) is 0 Å². The van der Waals surface area contributed by atoms with Gasteiger partial charge in [-0.1, -0.05) is 48.5 Å². The van der Waals surface area contributed by atoms with Gasteiger partial charge >= 0.3 is 0 Å². The lowest BCUT2D eigenvalue weighted by Crippen LogP contribution is -2.00. The Morgan fingerprint density at radius 1 is 0.783 bits per heavy atom. The molecule has 1 N–H and O–H groups in total. The largest absolute Gasteiger partial charge is 0.489 e. The number of rotatable bonds is 6. The highest BCUT2D eigenvalue weighted by molar-refractivity contribution is 5.43. The van der Waals surface area contributed by atoms with Crippen LogP contribution in [0, 0.1) is 5.82 Å². The maximum Gasteiger partial charge on any atom is 0.129 e. The maximum atomic E-state index is 13.5. The van der Waals surface area contributed by atoms with Crippen molar-refractivity contribution >= 4 is 5.69 Å². The topological polar surface area (TPSA) is 21.3 Å². The van der Waals surface area contributed by atoms with Gasteiger partial charge in [0.05, 0.1) is 0 Å². The minimum Gasteiger partial charge on any atom is -0.489 e. The Kier molecular flexibility index (Phi) is 4.89. The fraction of sp³-hybridized carbons (Fsp3) is 0.100. The van der Waals surface area contributed by atoms with Gasteiger partial charge in [-0.2, -0.15) is 0 Å². The van der Waals surface area contributed by atoms with Gasteiger partial charge in [0.25, 0.3) is 0 Å². The van der Waals surface area contributed by atoms with E-state index < -0.39 is 0 Å². The van der Waals surface area contributed by atoms with E-state index in [0.717, 1.165) is 23.5 Å². The molecule has 0 radical (unpaired) electrons. The van der Waals surface area contributed by atoms with Gasteiger partial charge in [0.1, 0.15) is 18.2 Å². The first-order chi connectivity index (χ1) is 11.3. The van der Waals surface area contributed by atoms with E-state index in [0.29, 0.717) is 5.56 Å². The summed E-state index contributed by atoms with van der Waals surface area (Å²) >= 11 is 0. The molecule has 2 nitrogen and oxygen atoms in total. The van der Waals surface area contributed by atoms with Crippen molar-refractivity contribution in [2.45, 2.75) is 13.2 Å². The van der Waals surface area contributed by atoms with Crippen LogP contribution in [0.5, 0.6) is 5.75 Å². The number of hydrogen-bond donors (Lipinski definition) is 1. The third-order valence-corrected chi connectivity index (χ3v) is 3.55. The zero-order valence-electron chi connectivity index (χ0n) is 12.7.